The lowest BCUT2D eigenvalue weighted by Crippen LogP contribution is -1.90. The van der Waals surface area contributed by atoms with Crippen LogP contribution >= 0.6 is 0 Å². The normalized spacial score (nSPS) is 9.67. The maximum absolute atomic E-state index is 3.82. The van der Waals surface area contributed by atoms with Gasteiger partial charge in [-0.1, -0.05) is 18.6 Å². The van der Waals surface area contributed by atoms with E-state index in [0.29, 0.717) is 0 Å². The van der Waals surface area contributed by atoms with E-state index in [-0.39, 0.29) is 0 Å². The predicted molar refractivity (Wildman–Crippen MR) is 43.2 cm³/mol. The van der Waals surface area contributed by atoms with Crippen LogP contribution in [0.5, 0.6) is 0 Å². The zero-order valence-corrected chi connectivity index (χ0v) is 6.41. The fraction of sp³-hybridized carbons (Fsp3) is 0.444. The number of rotatable bonds is 4. The van der Waals surface area contributed by atoms with Crippen molar-refractivity contribution in [2.24, 2.45) is 0 Å². The Bertz CT molecular complexity index is 101. The summed E-state index contributed by atoms with van der Waals surface area (Å²) in [6.45, 7) is 11.7. The summed E-state index contributed by atoms with van der Waals surface area (Å²) in [5.74, 6) is 1.38. The first-order chi connectivity index (χ1) is 4.20. The molecule has 0 heteroatoms. The molecule has 0 heterocycles. The molecule has 0 aromatic heterocycles. The largest absolute Gasteiger partial charge is 0.102 e. The van der Waals surface area contributed by atoms with Crippen molar-refractivity contribution in [3.63, 3.8) is 0 Å². The molecule has 0 nitrogen and oxygen atoms in total. The molecule has 0 aliphatic carbocycles. The van der Waals surface area contributed by atoms with Crippen molar-refractivity contribution in [3.05, 3.63) is 30.7 Å². The van der Waals surface area contributed by atoms with Gasteiger partial charge in [-0.25, -0.2) is 0 Å². The quantitative estimate of drug-likeness (QED) is 0.504. The number of hydrogen-bond acceptors (Lipinski definition) is 0. The zero-order valence-electron chi connectivity index (χ0n) is 6.41. The third-order valence-electron chi connectivity index (χ3n) is 1.27. The molecule has 0 aliphatic rings. The molecule has 1 radical (unpaired) electrons. The summed E-state index contributed by atoms with van der Waals surface area (Å²) in [5, 5.41) is 0. The van der Waals surface area contributed by atoms with Crippen LogP contribution in [-0.4, -0.2) is 0 Å². The van der Waals surface area contributed by atoms with Crippen molar-refractivity contribution in [3.8, 4) is 0 Å². The van der Waals surface area contributed by atoms with E-state index in [2.05, 4.69) is 20.1 Å². The molecule has 0 saturated carbocycles. The zero-order chi connectivity index (χ0) is 7.28. The van der Waals surface area contributed by atoms with E-state index < -0.39 is 0 Å². The number of allylic oxidation sites excluding steroid dienone is 2. The van der Waals surface area contributed by atoms with Gasteiger partial charge in [0.1, 0.15) is 0 Å². The molecule has 0 spiro atoms. The van der Waals surface area contributed by atoms with Crippen molar-refractivity contribution in [2.75, 3.05) is 0 Å². The average molecular weight is 123 g/mol. The van der Waals surface area contributed by atoms with Gasteiger partial charge in [0, 0.05) is 5.92 Å². The van der Waals surface area contributed by atoms with Crippen LogP contribution in [0.3, 0.4) is 0 Å². The van der Waals surface area contributed by atoms with Gasteiger partial charge >= 0.3 is 0 Å². The van der Waals surface area contributed by atoms with Crippen LogP contribution in [0.1, 0.15) is 26.7 Å². The monoisotopic (exact) mass is 123 g/mol. The SMILES string of the molecule is C=C[C](CC)CC(=C)C. The molecular formula is C9H15. The molecule has 0 aromatic rings. The molecule has 0 bridgehead atoms. The summed E-state index contributed by atoms with van der Waals surface area (Å²) in [5.41, 5.74) is 1.21. The maximum Gasteiger partial charge on any atom is 0.000712 e. The fourth-order valence-electron chi connectivity index (χ4n) is 0.729. The van der Waals surface area contributed by atoms with Crippen molar-refractivity contribution >= 4 is 0 Å². The first kappa shape index (κ1) is 8.48. The second-order valence-electron chi connectivity index (χ2n) is 2.35. The van der Waals surface area contributed by atoms with Gasteiger partial charge in [0.25, 0.3) is 0 Å². The second-order valence-corrected chi connectivity index (χ2v) is 2.35. The highest BCUT2D eigenvalue weighted by Gasteiger charge is 1.99. The van der Waals surface area contributed by atoms with E-state index in [4.69, 9.17) is 0 Å². The third kappa shape index (κ3) is 4.01. The molecule has 51 valence electrons. The molecule has 0 aliphatic heterocycles. The van der Waals surface area contributed by atoms with E-state index in [1.54, 1.807) is 0 Å². The lowest BCUT2D eigenvalue weighted by molar-refractivity contribution is 0.889. The van der Waals surface area contributed by atoms with Crippen molar-refractivity contribution < 1.29 is 0 Å². The van der Waals surface area contributed by atoms with Gasteiger partial charge in [0.05, 0.1) is 0 Å². The van der Waals surface area contributed by atoms with Gasteiger partial charge in [-0.05, 0) is 19.8 Å². The van der Waals surface area contributed by atoms with E-state index in [1.807, 2.05) is 13.0 Å². The first-order valence-corrected chi connectivity index (χ1v) is 3.32. The molecule has 0 rings (SSSR count). The van der Waals surface area contributed by atoms with E-state index in [0.717, 1.165) is 12.8 Å². The van der Waals surface area contributed by atoms with Crippen LogP contribution in [0, 0.1) is 5.92 Å². The minimum atomic E-state index is 1.01. The molecule has 0 fully saturated rings. The van der Waals surface area contributed by atoms with Crippen molar-refractivity contribution in [1.29, 1.82) is 0 Å². The van der Waals surface area contributed by atoms with Gasteiger partial charge in [0.15, 0.2) is 0 Å². The Morgan fingerprint density at radius 2 is 2.11 bits per heavy atom. The molecule has 0 N–H and O–H groups in total. The lowest BCUT2D eigenvalue weighted by atomic mass is 9.99. The fourth-order valence-corrected chi connectivity index (χ4v) is 0.729. The summed E-state index contributed by atoms with van der Waals surface area (Å²) in [7, 11) is 0. The highest BCUT2D eigenvalue weighted by molar-refractivity contribution is 5.12. The smallest absolute Gasteiger partial charge is 0.000712 e. The second kappa shape index (κ2) is 4.37. The highest BCUT2D eigenvalue weighted by atomic mass is 14.0. The molecule has 9 heavy (non-hydrogen) atoms. The van der Waals surface area contributed by atoms with Crippen LogP contribution in [0.15, 0.2) is 24.8 Å². The van der Waals surface area contributed by atoms with Crippen molar-refractivity contribution in [1.82, 2.24) is 0 Å². The van der Waals surface area contributed by atoms with Gasteiger partial charge < -0.3 is 0 Å². The van der Waals surface area contributed by atoms with Crippen LogP contribution in [0.2, 0.25) is 0 Å². The Kier molecular flexibility index (Phi) is 4.12. The molecule has 0 unspecified atom stereocenters. The molecular weight excluding hydrogens is 108 g/mol. The predicted octanol–water partition coefficient (Wildman–Crippen LogP) is 3.12. The summed E-state index contributed by atoms with van der Waals surface area (Å²) >= 11 is 0. The topological polar surface area (TPSA) is 0 Å². The summed E-state index contributed by atoms with van der Waals surface area (Å²) in [4.78, 5) is 0. The summed E-state index contributed by atoms with van der Waals surface area (Å²) < 4.78 is 0. The first-order valence-electron chi connectivity index (χ1n) is 3.32. The van der Waals surface area contributed by atoms with E-state index in [1.165, 1.54) is 11.5 Å². The Morgan fingerprint density at radius 3 is 2.22 bits per heavy atom. The number of hydrogen-bond donors (Lipinski definition) is 0. The summed E-state index contributed by atoms with van der Waals surface area (Å²) in [6.07, 6.45) is 4.03. The van der Waals surface area contributed by atoms with E-state index >= 15 is 0 Å². The summed E-state index contributed by atoms with van der Waals surface area (Å²) in [6, 6.07) is 0. The minimum absolute atomic E-state index is 1.01. The van der Waals surface area contributed by atoms with Crippen LogP contribution < -0.4 is 0 Å². The van der Waals surface area contributed by atoms with E-state index in [9.17, 15) is 0 Å². The molecule has 0 saturated heterocycles. The molecule has 0 atom stereocenters. The van der Waals surface area contributed by atoms with Crippen LogP contribution in [0.25, 0.3) is 0 Å². The van der Waals surface area contributed by atoms with Gasteiger partial charge in [0.2, 0.25) is 0 Å². The van der Waals surface area contributed by atoms with Gasteiger partial charge in [-0.2, -0.15) is 0 Å². The van der Waals surface area contributed by atoms with Crippen LogP contribution in [-0.2, 0) is 0 Å². The maximum atomic E-state index is 3.82. The minimum Gasteiger partial charge on any atom is -0.102 e. The van der Waals surface area contributed by atoms with Crippen LogP contribution in [0.4, 0.5) is 0 Å². The van der Waals surface area contributed by atoms with Gasteiger partial charge in [-0.15, -0.1) is 13.2 Å². The third-order valence-corrected chi connectivity index (χ3v) is 1.27. The molecule has 0 aromatic carbocycles. The van der Waals surface area contributed by atoms with Crippen molar-refractivity contribution in [2.45, 2.75) is 26.7 Å². The highest BCUT2D eigenvalue weighted by Crippen LogP contribution is 2.15. The standard InChI is InChI=1S/C9H15/c1-5-9(6-2)7-8(3)4/h5H,1,3,6-7H2,2,4H3. The Morgan fingerprint density at radius 1 is 1.56 bits per heavy atom. The Hall–Kier alpha value is -0.520. The Balaban J connectivity index is 3.55. The molecule has 0 amide bonds. The van der Waals surface area contributed by atoms with Gasteiger partial charge in [-0.3, -0.25) is 0 Å². The average Bonchev–Trinajstić information content (AvgIpc) is 1.82. The lowest BCUT2D eigenvalue weighted by Gasteiger charge is -2.06. The Labute approximate surface area is 58.3 Å².